The quantitative estimate of drug-likeness (QED) is 0.855. The van der Waals surface area contributed by atoms with E-state index in [-0.39, 0.29) is 18.4 Å². The van der Waals surface area contributed by atoms with Crippen LogP contribution in [0.2, 0.25) is 0 Å². The van der Waals surface area contributed by atoms with E-state index in [9.17, 15) is 9.59 Å². The number of fused-ring (bicyclic) bond motifs is 1. The van der Waals surface area contributed by atoms with E-state index >= 15 is 0 Å². The van der Waals surface area contributed by atoms with Crippen LogP contribution in [0, 0.1) is 0 Å². The van der Waals surface area contributed by atoms with Crippen molar-refractivity contribution in [3.8, 4) is 0 Å². The number of hydrogen-bond acceptors (Lipinski definition) is 3. The summed E-state index contributed by atoms with van der Waals surface area (Å²) in [5.41, 5.74) is 3.03. The van der Waals surface area contributed by atoms with Gasteiger partial charge in [-0.1, -0.05) is 18.2 Å². The summed E-state index contributed by atoms with van der Waals surface area (Å²) in [6, 6.07) is 14.9. The van der Waals surface area contributed by atoms with Gasteiger partial charge in [-0.15, -0.1) is 0 Å². The van der Waals surface area contributed by atoms with E-state index in [1.54, 1.807) is 22.9 Å². The van der Waals surface area contributed by atoms with Gasteiger partial charge in [0, 0.05) is 32.4 Å². The van der Waals surface area contributed by atoms with E-state index in [0.717, 1.165) is 17.1 Å². The zero-order valence-electron chi connectivity index (χ0n) is 13.5. The average Bonchev–Trinajstić information content (AvgIpc) is 2.57. The Morgan fingerprint density at radius 2 is 1.74 bits per heavy atom. The molecule has 1 aliphatic heterocycles. The fraction of sp³-hybridized carbons (Fsp3) is 0.222. The molecule has 2 aromatic carbocycles. The molecule has 0 fully saturated rings. The Labute approximate surface area is 135 Å². The third-order valence-electron chi connectivity index (χ3n) is 4.06. The molecule has 2 amide bonds. The largest absolute Gasteiger partial charge is 0.378 e. The number of likely N-dealkylation sites (N-methyl/N-ethyl adjacent to an activating group) is 1. The molecule has 5 nitrogen and oxygen atoms in total. The van der Waals surface area contributed by atoms with Gasteiger partial charge in [0.15, 0.2) is 0 Å². The van der Waals surface area contributed by atoms with Crippen molar-refractivity contribution in [1.82, 2.24) is 0 Å². The molecular weight excluding hydrogens is 290 g/mol. The molecule has 5 heteroatoms. The minimum absolute atomic E-state index is 0.0541. The molecule has 0 unspecified atom stereocenters. The molecule has 0 saturated heterocycles. The van der Waals surface area contributed by atoms with Crippen LogP contribution >= 0.6 is 0 Å². The Balaban J connectivity index is 2.01. The van der Waals surface area contributed by atoms with Crippen molar-refractivity contribution < 1.29 is 9.59 Å². The van der Waals surface area contributed by atoms with E-state index in [0.29, 0.717) is 5.56 Å². The number of carbonyl (C=O) groups excluding carboxylic acids is 2. The maximum Gasteiger partial charge on any atom is 0.258 e. The Morgan fingerprint density at radius 1 is 1.04 bits per heavy atom. The SMILES string of the molecule is CN(C)c1cccc(C(=O)N2CC(=O)N(C)c3ccccc32)c1. The molecule has 0 aromatic heterocycles. The summed E-state index contributed by atoms with van der Waals surface area (Å²) in [5, 5.41) is 0. The number of hydrogen-bond donors (Lipinski definition) is 0. The summed E-state index contributed by atoms with van der Waals surface area (Å²) in [5.74, 6) is -0.261. The Hall–Kier alpha value is -2.82. The van der Waals surface area contributed by atoms with E-state index in [1.807, 2.05) is 61.5 Å². The number of carbonyl (C=O) groups is 2. The first-order valence-electron chi connectivity index (χ1n) is 7.44. The number of amides is 2. The molecule has 23 heavy (non-hydrogen) atoms. The van der Waals surface area contributed by atoms with Gasteiger partial charge in [-0.2, -0.15) is 0 Å². The summed E-state index contributed by atoms with van der Waals surface area (Å²) in [4.78, 5) is 30.2. The van der Waals surface area contributed by atoms with E-state index in [4.69, 9.17) is 0 Å². The van der Waals surface area contributed by atoms with Crippen LogP contribution in [0.1, 0.15) is 10.4 Å². The van der Waals surface area contributed by atoms with Crippen LogP contribution in [0.3, 0.4) is 0 Å². The minimum atomic E-state index is -0.164. The molecule has 0 saturated carbocycles. The van der Waals surface area contributed by atoms with Crippen molar-refractivity contribution in [2.24, 2.45) is 0 Å². The summed E-state index contributed by atoms with van der Waals surface area (Å²) < 4.78 is 0. The molecule has 0 bridgehead atoms. The van der Waals surface area contributed by atoms with E-state index < -0.39 is 0 Å². The number of rotatable bonds is 2. The first-order chi connectivity index (χ1) is 11.0. The van der Waals surface area contributed by atoms with Crippen molar-refractivity contribution in [2.45, 2.75) is 0 Å². The Kier molecular flexibility index (Phi) is 3.78. The first kappa shape index (κ1) is 15.1. The molecule has 2 aromatic rings. The Morgan fingerprint density at radius 3 is 2.43 bits per heavy atom. The fourth-order valence-corrected chi connectivity index (χ4v) is 2.69. The van der Waals surface area contributed by atoms with Crippen LogP contribution in [0.15, 0.2) is 48.5 Å². The molecule has 118 valence electrons. The topological polar surface area (TPSA) is 43.9 Å². The van der Waals surface area contributed by atoms with Gasteiger partial charge in [0.25, 0.3) is 5.91 Å². The number of benzene rings is 2. The second kappa shape index (κ2) is 5.76. The van der Waals surface area contributed by atoms with Gasteiger partial charge in [-0.3, -0.25) is 14.5 Å². The van der Waals surface area contributed by atoms with Crippen LogP contribution in [-0.4, -0.2) is 39.5 Å². The summed E-state index contributed by atoms with van der Waals surface area (Å²) in [6.45, 7) is 0.0541. The number of para-hydroxylation sites is 2. The molecule has 0 N–H and O–H groups in total. The monoisotopic (exact) mass is 309 g/mol. The lowest BCUT2D eigenvalue weighted by atomic mass is 10.1. The van der Waals surface area contributed by atoms with Crippen molar-refractivity contribution in [1.29, 1.82) is 0 Å². The smallest absolute Gasteiger partial charge is 0.258 e. The van der Waals surface area contributed by atoms with E-state index in [1.165, 1.54) is 0 Å². The maximum absolute atomic E-state index is 12.9. The zero-order valence-corrected chi connectivity index (χ0v) is 13.5. The molecule has 0 radical (unpaired) electrons. The molecule has 1 heterocycles. The standard InChI is InChI=1S/C18H19N3O2/c1-19(2)14-8-6-7-13(11-14)18(23)21-12-17(22)20(3)15-9-4-5-10-16(15)21/h4-11H,12H2,1-3H3. The van der Waals surface area contributed by atoms with Gasteiger partial charge in [-0.25, -0.2) is 0 Å². The van der Waals surface area contributed by atoms with Crippen molar-refractivity contribution >= 4 is 28.9 Å². The van der Waals surface area contributed by atoms with Crippen LogP contribution in [-0.2, 0) is 4.79 Å². The highest BCUT2D eigenvalue weighted by Crippen LogP contribution is 2.33. The number of nitrogens with zero attached hydrogens (tertiary/aromatic N) is 3. The van der Waals surface area contributed by atoms with Gasteiger partial charge in [-0.05, 0) is 30.3 Å². The lowest BCUT2D eigenvalue weighted by molar-refractivity contribution is -0.117. The van der Waals surface area contributed by atoms with Crippen LogP contribution in [0.5, 0.6) is 0 Å². The molecule has 0 spiro atoms. The van der Waals surface area contributed by atoms with Crippen LogP contribution in [0.4, 0.5) is 17.1 Å². The van der Waals surface area contributed by atoms with Crippen LogP contribution in [0.25, 0.3) is 0 Å². The van der Waals surface area contributed by atoms with Crippen molar-refractivity contribution in [3.05, 3.63) is 54.1 Å². The molecule has 0 atom stereocenters. The highest BCUT2D eigenvalue weighted by molar-refractivity contribution is 6.15. The molecule has 3 rings (SSSR count). The summed E-state index contributed by atoms with van der Waals surface area (Å²) >= 11 is 0. The summed E-state index contributed by atoms with van der Waals surface area (Å²) in [7, 11) is 5.59. The highest BCUT2D eigenvalue weighted by atomic mass is 16.2. The predicted molar refractivity (Wildman–Crippen MR) is 92.3 cm³/mol. The van der Waals surface area contributed by atoms with Gasteiger partial charge >= 0.3 is 0 Å². The molecule has 1 aliphatic rings. The third kappa shape index (κ3) is 2.65. The highest BCUT2D eigenvalue weighted by Gasteiger charge is 2.30. The van der Waals surface area contributed by atoms with Gasteiger partial charge in [0.2, 0.25) is 5.91 Å². The average molecular weight is 309 g/mol. The minimum Gasteiger partial charge on any atom is -0.378 e. The molecular formula is C18H19N3O2. The van der Waals surface area contributed by atoms with Gasteiger partial charge < -0.3 is 9.80 Å². The molecule has 0 aliphatic carbocycles. The second-order valence-electron chi connectivity index (χ2n) is 5.78. The zero-order chi connectivity index (χ0) is 16.6. The maximum atomic E-state index is 12.9. The number of anilines is 3. The van der Waals surface area contributed by atoms with Crippen molar-refractivity contribution in [2.75, 3.05) is 42.4 Å². The van der Waals surface area contributed by atoms with Gasteiger partial charge in [0.1, 0.15) is 6.54 Å². The van der Waals surface area contributed by atoms with E-state index in [2.05, 4.69) is 0 Å². The first-order valence-corrected chi connectivity index (χ1v) is 7.44. The summed E-state index contributed by atoms with van der Waals surface area (Å²) in [6.07, 6.45) is 0. The van der Waals surface area contributed by atoms with Crippen LogP contribution < -0.4 is 14.7 Å². The lowest BCUT2D eigenvalue weighted by Crippen LogP contribution is -2.46. The predicted octanol–water partition coefficient (Wildman–Crippen LogP) is 2.38. The normalized spacial score (nSPS) is 13.8. The lowest BCUT2D eigenvalue weighted by Gasteiger charge is -2.34. The Bertz CT molecular complexity index is 770. The second-order valence-corrected chi connectivity index (χ2v) is 5.78. The third-order valence-corrected chi connectivity index (χ3v) is 4.06. The van der Waals surface area contributed by atoms with Crippen molar-refractivity contribution in [3.63, 3.8) is 0 Å². The fourth-order valence-electron chi connectivity index (χ4n) is 2.69. The van der Waals surface area contributed by atoms with Gasteiger partial charge in [0.05, 0.1) is 11.4 Å².